The van der Waals surface area contributed by atoms with Gasteiger partial charge < -0.3 is 14.0 Å². The maximum Gasteiger partial charge on any atom is 0.276 e. The number of imidazole rings is 1. The van der Waals surface area contributed by atoms with Crippen molar-refractivity contribution >= 4 is 5.91 Å². The van der Waals surface area contributed by atoms with Crippen LogP contribution in [-0.4, -0.2) is 32.1 Å². The summed E-state index contributed by atoms with van der Waals surface area (Å²) >= 11 is 0. The summed E-state index contributed by atoms with van der Waals surface area (Å²) in [6.07, 6.45) is 5.70. The number of amides is 1. The van der Waals surface area contributed by atoms with Crippen LogP contribution < -0.4 is 0 Å². The van der Waals surface area contributed by atoms with E-state index in [2.05, 4.69) is 17.1 Å². The number of carbonyl (C=O) groups is 1. The number of hydrogen-bond acceptors (Lipinski definition) is 4. The Morgan fingerprint density at radius 1 is 1.50 bits per heavy atom. The normalized spacial score (nSPS) is 18.1. The first-order chi connectivity index (χ1) is 10.6. The van der Waals surface area contributed by atoms with Crippen molar-refractivity contribution in [3.63, 3.8) is 0 Å². The van der Waals surface area contributed by atoms with Crippen LogP contribution in [0.25, 0.3) is 0 Å². The first-order valence-electron chi connectivity index (χ1n) is 7.86. The minimum atomic E-state index is -0.0609. The quantitative estimate of drug-likeness (QED) is 0.871. The van der Waals surface area contributed by atoms with E-state index < -0.39 is 0 Å². The van der Waals surface area contributed by atoms with Crippen molar-refractivity contribution in [2.45, 2.75) is 45.6 Å². The molecule has 1 aliphatic rings. The molecule has 0 unspecified atom stereocenters. The summed E-state index contributed by atoms with van der Waals surface area (Å²) in [5.74, 6) is 1.66. The second kappa shape index (κ2) is 5.94. The number of rotatable bonds is 4. The highest BCUT2D eigenvalue weighted by molar-refractivity contribution is 5.92. The summed E-state index contributed by atoms with van der Waals surface area (Å²) < 4.78 is 7.25. The Bertz CT molecular complexity index is 673. The first-order valence-corrected chi connectivity index (χ1v) is 7.86. The van der Waals surface area contributed by atoms with Gasteiger partial charge in [-0.25, -0.2) is 4.98 Å². The number of hydrogen-bond donors (Lipinski definition) is 0. The second-order valence-electron chi connectivity index (χ2n) is 5.94. The van der Waals surface area contributed by atoms with E-state index in [4.69, 9.17) is 4.52 Å². The zero-order chi connectivity index (χ0) is 15.7. The van der Waals surface area contributed by atoms with Crippen LogP contribution in [0.2, 0.25) is 0 Å². The summed E-state index contributed by atoms with van der Waals surface area (Å²) in [4.78, 5) is 19.2. The molecule has 0 saturated carbocycles. The monoisotopic (exact) mass is 302 g/mol. The van der Waals surface area contributed by atoms with Crippen molar-refractivity contribution in [3.8, 4) is 0 Å². The number of carbonyl (C=O) groups excluding carboxylic acids is 1. The molecule has 3 heterocycles. The molecule has 0 spiro atoms. The molecule has 0 radical (unpaired) electrons. The molecule has 0 bridgehead atoms. The molecule has 6 nitrogen and oxygen atoms in total. The summed E-state index contributed by atoms with van der Waals surface area (Å²) in [7, 11) is 1.98. The predicted molar refractivity (Wildman–Crippen MR) is 81.5 cm³/mol. The Balaban J connectivity index is 1.82. The van der Waals surface area contributed by atoms with Gasteiger partial charge in [0.05, 0.1) is 11.7 Å². The van der Waals surface area contributed by atoms with E-state index in [1.165, 1.54) is 0 Å². The molecule has 6 heteroatoms. The summed E-state index contributed by atoms with van der Waals surface area (Å²) in [6, 6.07) is 1.79. The van der Waals surface area contributed by atoms with Crippen LogP contribution in [0.4, 0.5) is 0 Å². The van der Waals surface area contributed by atoms with E-state index in [1.54, 1.807) is 6.07 Å². The Morgan fingerprint density at radius 2 is 2.32 bits per heavy atom. The predicted octanol–water partition coefficient (Wildman–Crippen LogP) is 2.65. The summed E-state index contributed by atoms with van der Waals surface area (Å²) in [5.41, 5.74) is 1.38. The maximum absolute atomic E-state index is 12.7. The van der Waals surface area contributed by atoms with Crippen molar-refractivity contribution in [2.75, 3.05) is 6.54 Å². The Morgan fingerprint density at radius 3 is 3.00 bits per heavy atom. The Kier molecular flexibility index (Phi) is 4.00. The minimum Gasteiger partial charge on any atom is -0.361 e. The van der Waals surface area contributed by atoms with Crippen molar-refractivity contribution < 1.29 is 9.32 Å². The maximum atomic E-state index is 12.7. The van der Waals surface area contributed by atoms with E-state index in [0.29, 0.717) is 5.69 Å². The molecule has 1 aliphatic heterocycles. The van der Waals surface area contributed by atoms with E-state index in [-0.39, 0.29) is 11.9 Å². The largest absolute Gasteiger partial charge is 0.361 e. The third kappa shape index (κ3) is 2.65. The molecule has 2 aromatic rings. The molecule has 0 aromatic carbocycles. The van der Waals surface area contributed by atoms with E-state index in [0.717, 1.165) is 49.5 Å². The van der Waals surface area contributed by atoms with Crippen LogP contribution in [0.5, 0.6) is 0 Å². The van der Waals surface area contributed by atoms with Crippen LogP contribution in [-0.2, 0) is 13.5 Å². The van der Waals surface area contributed by atoms with Crippen molar-refractivity contribution in [2.24, 2.45) is 7.05 Å². The summed E-state index contributed by atoms with van der Waals surface area (Å²) in [6.45, 7) is 4.79. The highest BCUT2D eigenvalue weighted by Crippen LogP contribution is 2.32. The lowest BCUT2D eigenvalue weighted by Crippen LogP contribution is -2.32. The Hall–Kier alpha value is -2.11. The van der Waals surface area contributed by atoms with Gasteiger partial charge in [0.15, 0.2) is 5.69 Å². The fourth-order valence-corrected chi connectivity index (χ4v) is 3.15. The molecule has 22 heavy (non-hydrogen) atoms. The average molecular weight is 302 g/mol. The molecular weight excluding hydrogens is 280 g/mol. The highest BCUT2D eigenvalue weighted by Gasteiger charge is 2.34. The summed E-state index contributed by atoms with van der Waals surface area (Å²) in [5, 5.41) is 3.94. The van der Waals surface area contributed by atoms with E-state index >= 15 is 0 Å². The van der Waals surface area contributed by atoms with Crippen molar-refractivity contribution in [1.82, 2.24) is 19.6 Å². The van der Waals surface area contributed by atoms with Gasteiger partial charge in [-0.2, -0.15) is 0 Å². The van der Waals surface area contributed by atoms with Crippen LogP contribution in [0.1, 0.15) is 60.0 Å². The molecule has 1 fully saturated rings. The van der Waals surface area contributed by atoms with Crippen LogP contribution in [0, 0.1) is 6.92 Å². The van der Waals surface area contributed by atoms with Crippen molar-refractivity contribution in [3.05, 3.63) is 35.2 Å². The number of nitrogens with zero attached hydrogens (tertiary/aromatic N) is 4. The highest BCUT2D eigenvalue weighted by atomic mass is 16.5. The van der Waals surface area contributed by atoms with Gasteiger partial charge >= 0.3 is 0 Å². The third-order valence-corrected chi connectivity index (χ3v) is 4.12. The van der Waals surface area contributed by atoms with Crippen LogP contribution >= 0.6 is 0 Å². The van der Waals surface area contributed by atoms with Gasteiger partial charge in [0.2, 0.25) is 0 Å². The number of aryl methyl sites for hydroxylation is 3. The molecule has 118 valence electrons. The SMILES string of the molecule is CCCc1cc(C(=O)N2CCC[C@@H]2c2nc(C)cn2C)no1. The van der Waals surface area contributed by atoms with Crippen molar-refractivity contribution in [1.29, 1.82) is 0 Å². The van der Waals surface area contributed by atoms with Gasteiger partial charge in [-0.3, -0.25) is 4.79 Å². The molecular formula is C16H22N4O2. The molecule has 1 atom stereocenters. The molecule has 1 amide bonds. The fourth-order valence-electron chi connectivity index (χ4n) is 3.15. The zero-order valence-corrected chi connectivity index (χ0v) is 13.4. The molecule has 2 aromatic heterocycles. The third-order valence-electron chi connectivity index (χ3n) is 4.12. The van der Waals surface area contributed by atoms with E-state index in [1.807, 2.05) is 29.6 Å². The Labute approximate surface area is 130 Å². The van der Waals surface area contributed by atoms with Gasteiger partial charge in [0.25, 0.3) is 5.91 Å². The van der Waals surface area contributed by atoms with Gasteiger partial charge in [0, 0.05) is 32.3 Å². The van der Waals surface area contributed by atoms with Gasteiger partial charge in [-0.1, -0.05) is 12.1 Å². The molecule has 1 saturated heterocycles. The first kappa shape index (κ1) is 14.8. The smallest absolute Gasteiger partial charge is 0.276 e. The minimum absolute atomic E-state index is 0.0255. The molecule has 0 N–H and O–H groups in total. The fraction of sp³-hybridized carbons (Fsp3) is 0.562. The lowest BCUT2D eigenvalue weighted by Gasteiger charge is -2.23. The van der Waals surface area contributed by atoms with Crippen LogP contribution in [0.3, 0.4) is 0 Å². The average Bonchev–Trinajstić information content (AvgIpc) is 3.18. The lowest BCUT2D eigenvalue weighted by molar-refractivity contribution is 0.0717. The second-order valence-corrected chi connectivity index (χ2v) is 5.94. The number of aromatic nitrogens is 3. The standard InChI is InChI=1S/C16H22N4O2/c1-4-6-12-9-13(18-22-12)16(21)20-8-5-7-14(20)15-17-11(2)10-19(15)3/h9-10,14H,4-8H2,1-3H3/t14-/m1/s1. The lowest BCUT2D eigenvalue weighted by atomic mass is 10.2. The number of likely N-dealkylation sites (tertiary alicyclic amines) is 1. The topological polar surface area (TPSA) is 64.2 Å². The van der Waals surface area contributed by atoms with Gasteiger partial charge in [-0.05, 0) is 26.2 Å². The van der Waals surface area contributed by atoms with Gasteiger partial charge in [0.1, 0.15) is 11.6 Å². The molecule has 3 rings (SSSR count). The van der Waals surface area contributed by atoms with Crippen LogP contribution in [0.15, 0.2) is 16.8 Å². The molecule has 0 aliphatic carbocycles. The van der Waals surface area contributed by atoms with E-state index in [9.17, 15) is 4.79 Å². The van der Waals surface area contributed by atoms with Gasteiger partial charge in [-0.15, -0.1) is 0 Å². The zero-order valence-electron chi connectivity index (χ0n) is 13.4.